The van der Waals surface area contributed by atoms with E-state index in [1.54, 1.807) is 18.9 Å². The molecule has 0 saturated carbocycles. The second-order valence-electron chi connectivity index (χ2n) is 6.97. The van der Waals surface area contributed by atoms with Crippen molar-refractivity contribution in [3.63, 3.8) is 0 Å². The summed E-state index contributed by atoms with van der Waals surface area (Å²) in [5.74, 6) is 1.47. The number of hydrogen-bond acceptors (Lipinski definition) is 5. The number of rotatable bonds is 9. The summed E-state index contributed by atoms with van der Waals surface area (Å²) in [6.07, 6.45) is 1.39. The van der Waals surface area contributed by atoms with Crippen molar-refractivity contribution in [2.24, 2.45) is 0 Å². The second-order valence-corrected chi connectivity index (χ2v) is 8.06. The number of methoxy groups -OCH3 is 1. The molecule has 154 valence electrons. The van der Waals surface area contributed by atoms with Crippen molar-refractivity contribution < 1.29 is 14.3 Å². The first-order valence-corrected chi connectivity index (χ1v) is 10.8. The molecule has 0 bridgehead atoms. The fourth-order valence-electron chi connectivity index (χ4n) is 3.19. The average Bonchev–Trinajstić information content (AvgIpc) is 2.73. The maximum Gasteiger partial charge on any atom is 0.223 e. The molecule has 6 nitrogen and oxygen atoms in total. The van der Waals surface area contributed by atoms with Crippen molar-refractivity contribution in [3.8, 4) is 5.75 Å². The molecule has 0 aliphatic carbocycles. The first-order chi connectivity index (χ1) is 14.1. The third-order valence-electron chi connectivity index (χ3n) is 4.67. The summed E-state index contributed by atoms with van der Waals surface area (Å²) in [7, 11) is 1.64. The maximum absolute atomic E-state index is 12.3. The minimum absolute atomic E-state index is 0.0334. The lowest BCUT2D eigenvalue weighted by atomic mass is 10.1. The number of nitrogens with one attached hydrogen (secondary N) is 3. The van der Waals surface area contributed by atoms with E-state index >= 15 is 0 Å². The highest BCUT2D eigenvalue weighted by Gasteiger charge is 2.27. The predicted octanol–water partition coefficient (Wildman–Crippen LogP) is 2.44. The van der Waals surface area contributed by atoms with Gasteiger partial charge in [-0.05, 0) is 29.7 Å². The van der Waals surface area contributed by atoms with Crippen LogP contribution in [0.1, 0.15) is 24.0 Å². The monoisotopic (exact) mass is 413 g/mol. The topological polar surface area (TPSA) is 79.5 Å². The van der Waals surface area contributed by atoms with Gasteiger partial charge in [-0.1, -0.05) is 42.5 Å². The van der Waals surface area contributed by atoms with Crippen LogP contribution in [-0.2, 0) is 21.8 Å². The molecular formula is C22H27N3O3S. The van der Waals surface area contributed by atoms with E-state index in [9.17, 15) is 9.59 Å². The average molecular weight is 414 g/mol. The lowest BCUT2D eigenvalue weighted by molar-refractivity contribution is -0.125. The normalized spacial score (nSPS) is 18.7. The minimum Gasteiger partial charge on any atom is -0.497 e. The zero-order valence-corrected chi connectivity index (χ0v) is 17.3. The molecule has 2 atom stereocenters. The summed E-state index contributed by atoms with van der Waals surface area (Å²) < 4.78 is 5.25. The smallest absolute Gasteiger partial charge is 0.223 e. The van der Waals surface area contributed by atoms with E-state index in [0.29, 0.717) is 19.4 Å². The van der Waals surface area contributed by atoms with Crippen LogP contribution in [0.15, 0.2) is 54.6 Å². The van der Waals surface area contributed by atoms with Gasteiger partial charge in [-0.25, -0.2) is 0 Å². The molecule has 0 radical (unpaired) electrons. The number of hydrogen-bond donors (Lipinski definition) is 3. The molecule has 1 fully saturated rings. The summed E-state index contributed by atoms with van der Waals surface area (Å²) in [5, 5.41) is 9.24. The SMILES string of the molecule is COc1cccc(CSC2NC(=O)CC(CC(=O)NCCc3ccccc3)N2)c1. The van der Waals surface area contributed by atoms with Crippen LogP contribution in [-0.4, -0.2) is 37.0 Å². The highest BCUT2D eigenvalue weighted by atomic mass is 32.2. The van der Waals surface area contributed by atoms with Crippen molar-refractivity contribution in [3.05, 3.63) is 65.7 Å². The van der Waals surface area contributed by atoms with Crippen LogP contribution in [0.2, 0.25) is 0 Å². The Morgan fingerprint density at radius 2 is 1.97 bits per heavy atom. The van der Waals surface area contributed by atoms with Crippen LogP contribution in [0.5, 0.6) is 5.75 Å². The Labute approximate surface area is 175 Å². The Hall–Kier alpha value is -2.51. The molecule has 0 spiro atoms. The molecule has 2 unspecified atom stereocenters. The van der Waals surface area contributed by atoms with Crippen molar-refractivity contribution in [1.82, 2.24) is 16.0 Å². The Kier molecular flexibility index (Phi) is 7.95. The molecule has 7 heteroatoms. The molecule has 2 aromatic carbocycles. The van der Waals surface area contributed by atoms with Crippen LogP contribution < -0.4 is 20.7 Å². The van der Waals surface area contributed by atoms with Gasteiger partial charge < -0.3 is 15.4 Å². The summed E-state index contributed by atoms with van der Waals surface area (Å²) in [4.78, 5) is 24.3. The van der Waals surface area contributed by atoms with E-state index in [-0.39, 0.29) is 23.4 Å². The largest absolute Gasteiger partial charge is 0.497 e. The van der Waals surface area contributed by atoms with Crippen molar-refractivity contribution in [1.29, 1.82) is 0 Å². The molecule has 1 saturated heterocycles. The van der Waals surface area contributed by atoms with Crippen LogP contribution in [0.3, 0.4) is 0 Å². The van der Waals surface area contributed by atoms with Gasteiger partial charge in [0, 0.05) is 31.2 Å². The number of benzene rings is 2. The quantitative estimate of drug-likeness (QED) is 0.589. The van der Waals surface area contributed by atoms with E-state index < -0.39 is 0 Å². The predicted molar refractivity (Wildman–Crippen MR) is 116 cm³/mol. The van der Waals surface area contributed by atoms with Gasteiger partial charge in [0.2, 0.25) is 11.8 Å². The van der Waals surface area contributed by atoms with Crippen LogP contribution >= 0.6 is 11.8 Å². The van der Waals surface area contributed by atoms with Gasteiger partial charge >= 0.3 is 0 Å². The fourth-order valence-corrected chi connectivity index (χ4v) is 4.24. The molecule has 1 aliphatic heterocycles. The van der Waals surface area contributed by atoms with Gasteiger partial charge in [0.05, 0.1) is 7.11 Å². The molecule has 0 aromatic heterocycles. The minimum atomic E-state index is -0.218. The maximum atomic E-state index is 12.3. The van der Waals surface area contributed by atoms with Crippen LogP contribution in [0, 0.1) is 0 Å². The fraction of sp³-hybridized carbons (Fsp3) is 0.364. The van der Waals surface area contributed by atoms with E-state index in [4.69, 9.17) is 4.74 Å². The highest BCUT2D eigenvalue weighted by Crippen LogP contribution is 2.21. The zero-order chi connectivity index (χ0) is 20.5. The Morgan fingerprint density at radius 3 is 2.76 bits per heavy atom. The lowest BCUT2D eigenvalue weighted by Crippen LogP contribution is -2.55. The molecular weight excluding hydrogens is 386 g/mol. The molecule has 1 heterocycles. The number of thioether (sulfide) groups is 1. The van der Waals surface area contributed by atoms with Crippen molar-refractivity contribution >= 4 is 23.6 Å². The summed E-state index contributed by atoms with van der Waals surface area (Å²) in [6, 6.07) is 17.7. The molecule has 1 aliphatic rings. The molecule has 2 aromatic rings. The number of carbonyl (C=O) groups is 2. The summed E-state index contributed by atoms with van der Waals surface area (Å²) in [6.45, 7) is 0.593. The van der Waals surface area contributed by atoms with Crippen LogP contribution in [0.25, 0.3) is 0 Å². The third-order valence-corrected chi connectivity index (χ3v) is 5.76. The van der Waals surface area contributed by atoms with Gasteiger partial charge in [-0.2, -0.15) is 0 Å². The van der Waals surface area contributed by atoms with E-state index in [1.165, 1.54) is 5.56 Å². The van der Waals surface area contributed by atoms with Gasteiger partial charge in [0.25, 0.3) is 0 Å². The Bertz CT molecular complexity index is 816. The highest BCUT2D eigenvalue weighted by molar-refractivity contribution is 7.99. The van der Waals surface area contributed by atoms with Gasteiger partial charge in [-0.3, -0.25) is 14.9 Å². The van der Waals surface area contributed by atoms with Gasteiger partial charge in [0.1, 0.15) is 11.2 Å². The lowest BCUT2D eigenvalue weighted by Gasteiger charge is -2.31. The van der Waals surface area contributed by atoms with Crippen LogP contribution in [0.4, 0.5) is 0 Å². The van der Waals surface area contributed by atoms with E-state index in [2.05, 4.69) is 16.0 Å². The van der Waals surface area contributed by atoms with Crippen molar-refractivity contribution in [2.75, 3.05) is 13.7 Å². The standard InChI is InChI=1S/C22H27N3O3S/c1-28-19-9-5-8-17(12-19)15-29-22-24-18(14-21(27)25-22)13-20(26)23-11-10-16-6-3-2-4-7-16/h2-9,12,18,22,24H,10-11,13-15H2,1H3,(H,23,26)(H,25,27). The van der Waals surface area contributed by atoms with Crippen molar-refractivity contribution in [2.45, 2.75) is 36.6 Å². The number of carbonyl (C=O) groups excluding carboxylic acids is 2. The first-order valence-electron chi connectivity index (χ1n) is 9.73. The van der Waals surface area contributed by atoms with Gasteiger partial charge in [0.15, 0.2) is 0 Å². The summed E-state index contributed by atoms with van der Waals surface area (Å²) in [5.41, 5.74) is 2.09. The summed E-state index contributed by atoms with van der Waals surface area (Å²) >= 11 is 1.59. The Morgan fingerprint density at radius 1 is 1.17 bits per heavy atom. The van der Waals surface area contributed by atoms with Gasteiger partial charge in [-0.15, -0.1) is 11.8 Å². The molecule has 3 N–H and O–H groups in total. The number of amides is 2. The second kappa shape index (κ2) is 10.9. The number of ether oxygens (including phenoxy) is 1. The third kappa shape index (κ3) is 7.11. The Balaban J connectivity index is 1.42. The first kappa shape index (κ1) is 21.2. The zero-order valence-electron chi connectivity index (χ0n) is 16.5. The molecule has 29 heavy (non-hydrogen) atoms. The van der Waals surface area contributed by atoms with E-state index in [1.807, 2.05) is 54.6 Å². The molecule has 2 amide bonds. The van der Waals surface area contributed by atoms with E-state index in [0.717, 1.165) is 23.5 Å². The molecule has 3 rings (SSSR count).